The molecule has 7 nitrogen and oxygen atoms in total. The molecule has 0 fully saturated rings. The first-order chi connectivity index (χ1) is 18.4. The molecule has 0 saturated heterocycles. The lowest BCUT2D eigenvalue weighted by molar-refractivity contribution is -0.274. The van der Waals surface area contributed by atoms with Crippen LogP contribution in [0.15, 0.2) is 48.5 Å². The van der Waals surface area contributed by atoms with Crippen LogP contribution < -0.4 is 4.74 Å². The lowest BCUT2D eigenvalue weighted by Gasteiger charge is -2.26. The zero-order chi connectivity index (χ0) is 27.9. The third-order valence-electron chi connectivity index (χ3n) is 6.60. The summed E-state index contributed by atoms with van der Waals surface area (Å²) in [4.78, 5) is 14.6. The summed E-state index contributed by atoms with van der Waals surface area (Å²) >= 11 is 6.32. The van der Waals surface area contributed by atoms with E-state index in [4.69, 9.17) is 16.3 Å². The molecule has 1 atom stereocenters. The molecule has 2 aliphatic rings. The number of alkyl halides is 3. The highest BCUT2D eigenvalue weighted by atomic mass is 35.5. The number of nitrogens with zero attached hydrogens (tertiary/aromatic N) is 4. The van der Waals surface area contributed by atoms with E-state index >= 15 is 0 Å². The van der Waals surface area contributed by atoms with Crippen LogP contribution in [0.3, 0.4) is 0 Å². The van der Waals surface area contributed by atoms with Gasteiger partial charge in [-0.1, -0.05) is 29.8 Å². The summed E-state index contributed by atoms with van der Waals surface area (Å²) < 4.78 is 49.7. The van der Waals surface area contributed by atoms with Crippen LogP contribution in [0.1, 0.15) is 68.7 Å². The van der Waals surface area contributed by atoms with Gasteiger partial charge in [-0.2, -0.15) is 0 Å². The average Bonchev–Trinajstić information content (AvgIpc) is 3.18. The maximum atomic E-state index is 13.0. The molecule has 1 aromatic heterocycles. The van der Waals surface area contributed by atoms with Gasteiger partial charge in [-0.25, -0.2) is 4.79 Å². The third-order valence-corrected chi connectivity index (χ3v) is 6.83. The van der Waals surface area contributed by atoms with Gasteiger partial charge in [-0.05, 0) is 87.1 Å². The summed E-state index contributed by atoms with van der Waals surface area (Å²) in [6, 6.07) is 11.6. The van der Waals surface area contributed by atoms with E-state index in [9.17, 15) is 18.0 Å². The second-order valence-corrected chi connectivity index (χ2v) is 11.1. The Morgan fingerprint density at radius 2 is 1.87 bits per heavy atom. The van der Waals surface area contributed by atoms with Crippen molar-refractivity contribution in [2.45, 2.75) is 71.0 Å². The maximum absolute atomic E-state index is 13.0. The largest absolute Gasteiger partial charge is 0.573 e. The Bertz CT molecular complexity index is 1430. The number of hydrogen-bond acceptors (Lipinski definition) is 5. The van der Waals surface area contributed by atoms with Crippen molar-refractivity contribution >= 4 is 23.3 Å². The minimum Gasteiger partial charge on any atom is -0.444 e. The number of ether oxygens (including phenoxy) is 2. The van der Waals surface area contributed by atoms with Crippen LogP contribution in [0.25, 0.3) is 11.3 Å². The molecule has 1 amide bonds. The minimum absolute atomic E-state index is 0.0289. The van der Waals surface area contributed by atoms with Crippen molar-refractivity contribution in [2.75, 3.05) is 0 Å². The molecule has 2 aromatic carbocycles. The Labute approximate surface area is 229 Å². The van der Waals surface area contributed by atoms with Gasteiger partial charge in [0.1, 0.15) is 17.2 Å². The molecule has 5 rings (SSSR count). The van der Waals surface area contributed by atoms with Gasteiger partial charge in [0.05, 0.1) is 18.8 Å². The fourth-order valence-corrected chi connectivity index (χ4v) is 5.16. The number of amides is 1. The second-order valence-electron chi connectivity index (χ2n) is 10.7. The van der Waals surface area contributed by atoms with Crippen LogP contribution in [-0.4, -0.2) is 37.7 Å². The zero-order valence-electron chi connectivity index (χ0n) is 21.8. The summed E-state index contributed by atoms with van der Waals surface area (Å²) in [7, 11) is 0. The number of fused-ring (bicyclic) bond motifs is 3. The first-order valence-electron chi connectivity index (χ1n) is 12.6. The van der Waals surface area contributed by atoms with Crippen LogP contribution in [0, 0.1) is 0 Å². The number of rotatable bonds is 3. The quantitative estimate of drug-likeness (QED) is 0.333. The van der Waals surface area contributed by atoms with Gasteiger partial charge in [0.25, 0.3) is 0 Å². The Kier molecular flexibility index (Phi) is 7.09. The predicted molar refractivity (Wildman–Crippen MR) is 140 cm³/mol. The van der Waals surface area contributed by atoms with Gasteiger partial charge in [-0.3, -0.25) is 9.47 Å². The molecule has 2 heterocycles. The van der Waals surface area contributed by atoms with E-state index in [-0.39, 0.29) is 18.2 Å². The SMILES string of the molecule is CC(C)(C)OC(=O)N1Cc2cc(Cl)ccc2-n2c(nnc2[C@@H]2CC=C(c3cccc(OC(F)(F)F)c3)CC2)C1. The predicted octanol–water partition coefficient (Wildman–Crippen LogP) is 7.42. The molecule has 11 heteroatoms. The maximum Gasteiger partial charge on any atom is 0.573 e. The van der Waals surface area contributed by atoms with Crippen molar-refractivity contribution in [1.29, 1.82) is 0 Å². The molecule has 0 saturated carbocycles. The van der Waals surface area contributed by atoms with Crippen LogP contribution >= 0.6 is 11.6 Å². The first-order valence-corrected chi connectivity index (χ1v) is 13.0. The van der Waals surface area contributed by atoms with Gasteiger partial charge in [0, 0.05) is 10.9 Å². The molecule has 0 bridgehead atoms. The number of halogens is 4. The zero-order valence-corrected chi connectivity index (χ0v) is 22.5. The van der Waals surface area contributed by atoms with Crippen molar-refractivity contribution in [3.05, 3.63) is 76.3 Å². The fourth-order valence-electron chi connectivity index (χ4n) is 4.97. The number of carbonyl (C=O) groups is 1. The molecular weight excluding hydrogens is 533 g/mol. The Morgan fingerprint density at radius 3 is 2.56 bits per heavy atom. The summed E-state index contributed by atoms with van der Waals surface area (Å²) in [5.74, 6) is 1.17. The highest BCUT2D eigenvalue weighted by molar-refractivity contribution is 6.30. The van der Waals surface area contributed by atoms with E-state index in [0.29, 0.717) is 35.8 Å². The summed E-state index contributed by atoms with van der Waals surface area (Å²) in [5, 5.41) is 9.54. The second kappa shape index (κ2) is 10.2. The smallest absolute Gasteiger partial charge is 0.444 e. The molecule has 3 aromatic rings. The highest BCUT2D eigenvalue weighted by Gasteiger charge is 2.33. The Balaban J connectivity index is 1.43. The van der Waals surface area contributed by atoms with Crippen molar-refractivity contribution < 1.29 is 27.4 Å². The Hall–Kier alpha value is -3.53. The van der Waals surface area contributed by atoms with Gasteiger partial charge in [0.15, 0.2) is 5.82 Å². The number of benzene rings is 2. The first kappa shape index (κ1) is 27.1. The molecule has 206 valence electrons. The van der Waals surface area contributed by atoms with Crippen LogP contribution in [0.2, 0.25) is 5.02 Å². The summed E-state index contributed by atoms with van der Waals surface area (Å²) in [6.07, 6.45) is -1.14. The fraction of sp³-hybridized carbons (Fsp3) is 0.393. The van der Waals surface area contributed by atoms with Gasteiger partial charge >= 0.3 is 12.5 Å². The van der Waals surface area contributed by atoms with E-state index in [1.165, 1.54) is 12.1 Å². The van der Waals surface area contributed by atoms with Gasteiger partial charge in [0.2, 0.25) is 0 Å². The van der Waals surface area contributed by atoms with Crippen LogP contribution in [0.5, 0.6) is 5.75 Å². The van der Waals surface area contributed by atoms with Gasteiger partial charge < -0.3 is 9.47 Å². The highest BCUT2D eigenvalue weighted by Crippen LogP contribution is 2.39. The standard InChI is InChI=1S/C28H28ClF3N4O3/c1-27(2,3)39-26(37)35-15-20-13-21(29)11-12-23(20)36-24(16-35)33-34-25(36)18-9-7-17(8-10-18)19-5-4-6-22(14-19)38-28(30,31)32/h4-7,11-14,18H,8-10,15-16H2,1-3H3/t18-/m1/s1. The van der Waals surface area contributed by atoms with Gasteiger partial charge in [-0.15, -0.1) is 23.4 Å². The van der Waals surface area contributed by atoms with Crippen molar-refractivity contribution in [2.24, 2.45) is 0 Å². The lowest BCUT2D eigenvalue weighted by Crippen LogP contribution is -2.35. The van der Waals surface area contributed by atoms with Crippen molar-refractivity contribution in [1.82, 2.24) is 19.7 Å². The minimum atomic E-state index is -4.74. The molecule has 0 N–H and O–H groups in total. The summed E-state index contributed by atoms with van der Waals surface area (Å²) in [5.41, 5.74) is 2.71. The molecular formula is C28H28ClF3N4O3. The lowest BCUT2D eigenvalue weighted by atomic mass is 9.86. The van der Waals surface area contributed by atoms with E-state index < -0.39 is 18.1 Å². The molecule has 0 radical (unpaired) electrons. The number of hydrogen-bond donors (Lipinski definition) is 0. The van der Waals surface area contributed by atoms with Crippen LogP contribution in [0.4, 0.5) is 18.0 Å². The van der Waals surface area contributed by atoms with Crippen molar-refractivity contribution in [3.8, 4) is 11.4 Å². The molecule has 0 spiro atoms. The summed E-state index contributed by atoms with van der Waals surface area (Å²) in [6.45, 7) is 5.97. The van der Waals surface area contributed by atoms with Crippen LogP contribution in [-0.2, 0) is 17.8 Å². The normalized spacial score (nSPS) is 17.6. The van der Waals surface area contributed by atoms with E-state index in [1.807, 2.05) is 43.5 Å². The van der Waals surface area contributed by atoms with Crippen molar-refractivity contribution in [3.63, 3.8) is 0 Å². The molecule has 0 unspecified atom stereocenters. The number of carbonyl (C=O) groups excluding carboxylic acids is 1. The van der Waals surface area contributed by atoms with E-state index in [2.05, 4.69) is 14.9 Å². The Morgan fingerprint density at radius 1 is 1.08 bits per heavy atom. The molecule has 39 heavy (non-hydrogen) atoms. The third kappa shape index (κ3) is 6.21. The average molecular weight is 561 g/mol. The molecule has 1 aliphatic carbocycles. The molecule has 1 aliphatic heterocycles. The topological polar surface area (TPSA) is 69.5 Å². The van der Waals surface area contributed by atoms with E-state index in [1.54, 1.807) is 23.1 Å². The van der Waals surface area contributed by atoms with E-state index in [0.717, 1.165) is 29.1 Å². The number of aromatic nitrogens is 3. The number of allylic oxidation sites excluding steroid dienone is 2. The monoisotopic (exact) mass is 560 g/mol.